The number of pyridine rings is 1. The lowest BCUT2D eigenvalue weighted by Gasteiger charge is -2.28. The molecule has 1 saturated heterocycles. The molecule has 3 heterocycles. The summed E-state index contributed by atoms with van der Waals surface area (Å²) in [5.74, 6) is 0. The third kappa shape index (κ3) is 3.25. The van der Waals surface area contributed by atoms with E-state index in [1.54, 1.807) is 29.4 Å². The Morgan fingerprint density at radius 1 is 1.30 bits per heavy atom. The van der Waals surface area contributed by atoms with E-state index in [2.05, 4.69) is 16.0 Å². The van der Waals surface area contributed by atoms with Gasteiger partial charge in [-0.15, -0.1) is 0 Å². The Kier molecular flexibility index (Phi) is 4.40. The van der Waals surface area contributed by atoms with Gasteiger partial charge in [0.25, 0.3) is 0 Å². The second-order valence-electron chi connectivity index (χ2n) is 5.19. The highest BCUT2D eigenvalue weighted by molar-refractivity contribution is 6.30. The fourth-order valence-electron chi connectivity index (χ4n) is 2.59. The molecule has 0 bridgehead atoms. The van der Waals surface area contributed by atoms with Crippen LogP contribution in [0.3, 0.4) is 0 Å². The maximum absolute atomic E-state index is 12.3. The third-order valence-electron chi connectivity index (χ3n) is 3.81. The first-order chi connectivity index (χ1) is 11.2. The summed E-state index contributed by atoms with van der Waals surface area (Å²) in [5, 5.41) is 9.99. The molecule has 0 saturated carbocycles. The summed E-state index contributed by atoms with van der Waals surface area (Å²) < 4.78 is 1.46. The normalized spacial score (nSPS) is 14.4. The number of carbonyl (C=O) groups is 1. The molecule has 0 unspecified atom stereocenters. The molecule has 23 heavy (non-hydrogen) atoms. The van der Waals surface area contributed by atoms with Crippen LogP contribution >= 0.6 is 11.6 Å². The fraction of sp³-hybridized carbons (Fsp3) is 0.250. The molecule has 1 fully saturated rings. The summed E-state index contributed by atoms with van der Waals surface area (Å²) in [4.78, 5) is 22.1. The standard InChI is InChI=1S/C16H14ClN5O/c17-13-1-2-15(20-10-13)14(9-18)12-3-6-21(7-4-12)16(23)22-8-5-19-11-22/h1-2,5,8,10-11H,3-4,6-7H2. The first kappa shape index (κ1) is 15.3. The lowest BCUT2D eigenvalue weighted by molar-refractivity contribution is 0.195. The monoisotopic (exact) mass is 327 g/mol. The van der Waals surface area contributed by atoms with Gasteiger partial charge < -0.3 is 4.90 Å². The van der Waals surface area contributed by atoms with E-state index >= 15 is 0 Å². The third-order valence-corrected chi connectivity index (χ3v) is 4.04. The van der Waals surface area contributed by atoms with Crippen LogP contribution in [0.2, 0.25) is 5.02 Å². The SMILES string of the molecule is N#CC(=C1CCN(C(=O)n2ccnc2)CC1)c1ccc(Cl)cn1. The number of imidazole rings is 1. The van der Waals surface area contributed by atoms with Crippen molar-refractivity contribution in [1.82, 2.24) is 19.4 Å². The van der Waals surface area contributed by atoms with Crippen molar-refractivity contribution in [1.29, 1.82) is 5.26 Å². The Balaban J connectivity index is 1.75. The first-order valence-electron chi connectivity index (χ1n) is 7.20. The van der Waals surface area contributed by atoms with Gasteiger partial charge in [0.2, 0.25) is 0 Å². The number of allylic oxidation sites excluding steroid dienone is 1. The summed E-state index contributed by atoms with van der Waals surface area (Å²) in [6.07, 6.45) is 7.55. The van der Waals surface area contributed by atoms with Gasteiger partial charge in [-0.3, -0.25) is 9.55 Å². The van der Waals surface area contributed by atoms with Crippen molar-refractivity contribution >= 4 is 23.2 Å². The van der Waals surface area contributed by atoms with Crippen molar-refractivity contribution < 1.29 is 4.79 Å². The minimum absolute atomic E-state index is 0.0929. The van der Waals surface area contributed by atoms with Crippen molar-refractivity contribution in [3.8, 4) is 6.07 Å². The van der Waals surface area contributed by atoms with Gasteiger partial charge >= 0.3 is 6.03 Å². The summed E-state index contributed by atoms with van der Waals surface area (Å²) in [6, 6.07) is 5.61. The fourth-order valence-corrected chi connectivity index (χ4v) is 2.71. The maximum atomic E-state index is 12.3. The number of hydrogen-bond donors (Lipinski definition) is 0. The largest absolute Gasteiger partial charge is 0.329 e. The number of hydrogen-bond acceptors (Lipinski definition) is 4. The van der Waals surface area contributed by atoms with Crippen LogP contribution in [0.1, 0.15) is 18.5 Å². The predicted octanol–water partition coefficient (Wildman–Crippen LogP) is 2.97. The number of nitrogens with zero attached hydrogens (tertiary/aromatic N) is 5. The molecule has 3 rings (SSSR count). The number of piperidine rings is 1. The van der Waals surface area contributed by atoms with E-state index in [0.29, 0.717) is 42.2 Å². The number of rotatable bonds is 1. The molecule has 0 radical (unpaired) electrons. The number of amides is 1. The number of carbonyl (C=O) groups excluding carboxylic acids is 1. The Bertz CT molecular complexity index is 764. The quantitative estimate of drug-likeness (QED) is 0.755. The smallest absolute Gasteiger partial charge is 0.323 e. The topological polar surface area (TPSA) is 74.8 Å². The van der Waals surface area contributed by atoms with Crippen molar-refractivity contribution in [3.05, 3.63) is 53.3 Å². The molecule has 7 heteroatoms. The van der Waals surface area contributed by atoms with Gasteiger partial charge in [-0.25, -0.2) is 9.78 Å². The van der Waals surface area contributed by atoms with Gasteiger partial charge in [-0.1, -0.05) is 11.6 Å². The van der Waals surface area contributed by atoms with E-state index in [1.165, 1.54) is 17.1 Å². The molecular weight excluding hydrogens is 314 g/mol. The summed E-state index contributed by atoms with van der Waals surface area (Å²) >= 11 is 5.84. The molecule has 0 aromatic carbocycles. The minimum atomic E-state index is -0.0929. The van der Waals surface area contributed by atoms with Gasteiger partial charge in [-0.2, -0.15) is 5.26 Å². The van der Waals surface area contributed by atoms with Crippen LogP contribution in [0.25, 0.3) is 5.57 Å². The minimum Gasteiger partial charge on any atom is -0.323 e. The molecule has 1 amide bonds. The summed E-state index contributed by atoms with van der Waals surface area (Å²) in [6.45, 7) is 1.15. The van der Waals surface area contributed by atoms with Gasteiger partial charge in [0.1, 0.15) is 12.4 Å². The number of nitriles is 1. The van der Waals surface area contributed by atoms with Crippen LogP contribution in [0, 0.1) is 11.3 Å². The molecule has 0 aliphatic carbocycles. The van der Waals surface area contributed by atoms with Crippen molar-refractivity contribution in [3.63, 3.8) is 0 Å². The second kappa shape index (κ2) is 6.63. The Morgan fingerprint density at radius 3 is 2.65 bits per heavy atom. The Labute approximate surface area is 138 Å². The van der Waals surface area contributed by atoms with Crippen LogP contribution in [0.15, 0.2) is 42.6 Å². The lowest BCUT2D eigenvalue weighted by Crippen LogP contribution is -2.38. The lowest BCUT2D eigenvalue weighted by atomic mass is 9.96. The number of aromatic nitrogens is 3. The Morgan fingerprint density at radius 2 is 2.09 bits per heavy atom. The maximum Gasteiger partial charge on any atom is 0.329 e. The van der Waals surface area contributed by atoms with E-state index < -0.39 is 0 Å². The average molecular weight is 328 g/mol. The van der Waals surface area contributed by atoms with Gasteiger partial charge in [0, 0.05) is 31.7 Å². The molecule has 116 valence electrons. The average Bonchev–Trinajstić information content (AvgIpc) is 3.12. The summed E-state index contributed by atoms with van der Waals surface area (Å²) in [7, 11) is 0. The van der Waals surface area contributed by atoms with Crippen LogP contribution in [-0.2, 0) is 0 Å². The summed E-state index contributed by atoms with van der Waals surface area (Å²) in [5.41, 5.74) is 2.23. The van der Waals surface area contributed by atoms with E-state index in [9.17, 15) is 10.1 Å². The van der Waals surface area contributed by atoms with Gasteiger partial charge in [0.05, 0.1) is 16.3 Å². The molecule has 1 aliphatic rings. The van der Waals surface area contributed by atoms with E-state index in [4.69, 9.17) is 11.6 Å². The molecular formula is C16H14ClN5O. The van der Waals surface area contributed by atoms with Crippen molar-refractivity contribution in [2.75, 3.05) is 13.1 Å². The highest BCUT2D eigenvalue weighted by atomic mass is 35.5. The first-order valence-corrected chi connectivity index (χ1v) is 7.58. The molecule has 1 aliphatic heterocycles. The highest BCUT2D eigenvalue weighted by Crippen LogP contribution is 2.26. The van der Waals surface area contributed by atoms with E-state index in [0.717, 1.165) is 5.57 Å². The van der Waals surface area contributed by atoms with Crippen LogP contribution in [0.5, 0.6) is 0 Å². The molecule has 0 N–H and O–H groups in total. The van der Waals surface area contributed by atoms with Crippen molar-refractivity contribution in [2.24, 2.45) is 0 Å². The number of halogens is 1. The predicted molar refractivity (Wildman–Crippen MR) is 85.6 cm³/mol. The molecule has 2 aromatic rings. The second-order valence-corrected chi connectivity index (χ2v) is 5.63. The highest BCUT2D eigenvalue weighted by Gasteiger charge is 2.22. The molecule has 6 nitrogen and oxygen atoms in total. The van der Waals surface area contributed by atoms with Crippen molar-refractivity contribution in [2.45, 2.75) is 12.8 Å². The van der Waals surface area contributed by atoms with Gasteiger partial charge in [-0.05, 0) is 30.5 Å². The van der Waals surface area contributed by atoms with E-state index in [-0.39, 0.29) is 6.03 Å². The zero-order chi connectivity index (χ0) is 16.2. The molecule has 0 spiro atoms. The van der Waals surface area contributed by atoms with Crippen LogP contribution in [-0.4, -0.2) is 38.6 Å². The van der Waals surface area contributed by atoms with Gasteiger partial charge in [0.15, 0.2) is 0 Å². The van der Waals surface area contributed by atoms with Crippen LogP contribution in [0.4, 0.5) is 4.79 Å². The van der Waals surface area contributed by atoms with Crippen LogP contribution < -0.4 is 0 Å². The zero-order valence-electron chi connectivity index (χ0n) is 12.3. The molecule has 0 atom stereocenters. The van der Waals surface area contributed by atoms with E-state index in [1.807, 2.05) is 0 Å². The zero-order valence-corrected chi connectivity index (χ0v) is 13.1. The molecule has 2 aromatic heterocycles. The number of likely N-dealkylation sites (tertiary alicyclic amines) is 1. The Hall–Kier alpha value is -2.65.